The van der Waals surface area contributed by atoms with Crippen LogP contribution in [0.25, 0.3) is 0 Å². The molecule has 0 aromatic heterocycles. The van der Waals surface area contributed by atoms with Crippen LogP contribution < -0.4 is 5.32 Å². The Labute approximate surface area is 150 Å². The molecule has 0 aromatic carbocycles. The molecule has 0 atom stereocenters. The molecule has 1 rings (SSSR count). The fourth-order valence-electron chi connectivity index (χ4n) is 3.04. The van der Waals surface area contributed by atoms with E-state index in [1.165, 1.54) is 5.06 Å². The fraction of sp³-hybridized carbons (Fsp3) is 0.765. The third kappa shape index (κ3) is 9.54. The molecule has 0 aliphatic carbocycles. The van der Waals surface area contributed by atoms with E-state index in [9.17, 15) is 14.8 Å². The highest BCUT2D eigenvalue weighted by molar-refractivity contribution is 5.89. The highest BCUT2D eigenvalue weighted by Gasteiger charge is 2.39. The number of aliphatic carboxylic acids is 2. The molecular formula is C17H32N3O5-. The van der Waals surface area contributed by atoms with Crippen LogP contribution in [0.2, 0.25) is 0 Å². The smallest absolute Gasteiger partial charge is 0.328 e. The van der Waals surface area contributed by atoms with Gasteiger partial charge in [-0.15, -0.1) is 0 Å². The molecule has 1 heterocycles. The second-order valence-electron chi connectivity index (χ2n) is 7.79. The summed E-state index contributed by atoms with van der Waals surface area (Å²) in [7, 11) is 4.16. The molecular weight excluding hydrogens is 326 g/mol. The van der Waals surface area contributed by atoms with E-state index in [4.69, 9.17) is 10.2 Å². The van der Waals surface area contributed by atoms with Crippen LogP contribution in [0.1, 0.15) is 40.5 Å². The molecule has 0 saturated carbocycles. The van der Waals surface area contributed by atoms with Gasteiger partial charge in [-0.3, -0.25) is 0 Å². The maximum atomic E-state index is 12.2. The molecule has 1 aliphatic heterocycles. The Morgan fingerprint density at radius 1 is 1.12 bits per heavy atom. The van der Waals surface area contributed by atoms with Crippen LogP contribution in [0, 0.1) is 5.21 Å². The largest absolute Gasteiger partial charge is 0.784 e. The Kier molecular flexibility index (Phi) is 9.28. The van der Waals surface area contributed by atoms with Crippen molar-refractivity contribution in [2.45, 2.75) is 57.7 Å². The molecule has 25 heavy (non-hydrogen) atoms. The van der Waals surface area contributed by atoms with Gasteiger partial charge in [-0.1, -0.05) is 0 Å². The molecule has 0 spiro atoms. The minimum Gasteiger partial charge on any atom is -0.784 e. The van der Waals surface area contributed by atoms with Gasteiger partial charge < -0.3 is 30.7 Å². The first-order chi connectivity index (χ1) is 11.3. The maximum Gasteiger partial charge on any atom is 0.328 e. The van der Waals surface area contributed by atoms with Crippen LogP contribution >= 0.6 is 0 Å². The third-order valence-electron chi connectivity index (χ3n) is 3.95. The van der Waals surface area contributed by atoms with E-state index < -0.39 is 11.9 Å². The predicted molar refractivity (Wildman–Crippen MR) is 97.4 cm³/mol. The van der Waals surface area contributed by atoms with Crippen molar-refractivity contribution in [3.63, 3.8) is 0 Å². The average molecular weight is 358 g/mol. The molecule has 1 saturated heterocycles. The quantitative estimate of drug-likeness (QED) is 0.610. The SMILES string of the molecule is CN(C)CCNC1CC(C)(C)N([O-])C(C)(C)C1.O=C(O)/C=C/C(=O)O. The van der Waals surface area contributed by atoms with E-state index in [1.807, 2.05) is 27.7 Å². The number of hydrogen-bond acceptors (Lipinski definition) is 6. The third-order valence-corrected chi connectivity index (χ3v) is 3.95. The van der Waals surface area contributed by atoms with Crippen LogP contribution in [0.3, 0.4) is 0 Å². The Morgan fingerprint density at radius 2 is 1.52 bits per heavy atom. The lowest BCUT2D eigenvalue weighted by Crippen LogP contribution is -2.61. The molecule has 0 bridgehead atoms. The second-order valence-corrected chi connectivity index (χ2v) is 7.79. The lowest BCUT2D eigenvalue weighted by atomic mass is 9.79. The minimum absolute atomic E-state index is 0.266. The maximum absolute atomic E-state index is 12.2. The Bertz CT molecular complexity index is 441. The average Bonchev–Trinajstić information content (AvgIpc) is 2.42. The molecule has 0 radical (unpaired) electrons. The normalized spacial score (nSPS) is 20.3. The molecule has 0 aromatic rings. The molecule has 0 unspecified atom stereocenters. The molecule has 1 aliphatic rings. The van der Waals surface area contributed by atoms with Gasteiger partial charge in [0.05, 0.1) is 0 Å². The number of nitrogens with zero attached hydrogens (tertiary/aromatic N) is 2. The number of rotatable bonds is 6. The Hall–Kier alpha value is -1.48. The van der Waals surface area contributed by atoms with Gasteiger partial charge in [0.1, 0.15) is 0 Å². The van der Waals surface area contributed by atoms with Gasteiger partial charge in [-0.2, -0.15) is 0 Å². The zero-order valence-corrected chi connectivity index (χ0v) is 16.1. The van der Waals surface area contributed by atoms with Crippen molar-refractivity contribution in [1.82, 2.24) is 15.3 Å². The van der Waals surface area contributed by atoms with Crippen molar-refractivity contribution in [3.05, 3.63) is 17.4 Å². The molecule has 1 fully saturated rings. The monoisotopic (exact) mass is 358 g/mol. The lowest BCUT2D eigenvalue weighted by Gasteiger charge is -2.60. The number of piperidine rings is 1. The van der Waals surface area contributed by atoms with Crippen molar-refractivity contribution in [3.8, 4) is 0 Å². The molecule has 0 amide bonds. The van der Waals surface area contributed by atoms with Crippen molar-refractivity contribution < 1.29 is 19.8 Å². The van der Waals surface area contributed by atoms with E-state index in [0.717, 1.165) is 25.9 Å². The number of carboxylic acid groups (broad SMARTS) is 2. The number of nitrogens with one attached hydrogen (secondary N) is 1. The summed E-state index contributed by atoms with van der Waals surface area (Å²) in [5.74, 6) is -2.51. The van der Waals surface area contributed by atoms with Crippen molar-refractivity contribution in [1.29, 1.82) is 0 Å². The predicted octanol–water partition coefficient (Wildman–Crippen LogP) is 1.37. The van der Waals surface area contributed by atoms with Crippen molar-refractivity contribution >= 4 is 11.9 Å². The van der Waals surface area contributed by atoms with Gasteiger partial charge in [-0.25, -0.2) is 9.59 Å². The summed E-state index contributed by atoms with van der Waals surface area (Å²) in [4.78, 5) is 21.3. The standard InChI is InChI=1S/C13H28N3O.C4H4O4/c1-12(2)9-11(14-7-8-15(5)6)10-13(3,4)16(12)17;5-3(6)1-2-4(7)8/h11,14H,7-10H2,1-6H3;1-2H,(H,5,6)(H,7,8)/q-1;/b;2-1+. The first-order valence-electron chi connectivity index (χ1n) is 8.27. The summed E-state index contributed by atoms with van der Waals surface area (Å²) in [6, 6.07) is 0.449. The van der Waals surface area contributed by atoms with E-state index >= 15 is 0 Å². The Balaban J connectivity index is 0.000000609. The van der Waals surface area contributed by atoms with E-state index in [1.54, 1.807) is 0 Å². The van der Waals surface area contributed by atoms with Crippen LogP contribution in [-0.4, -0.2) is 76.4 Å². The van der Waals surface area contributed by atoms with Gasteiger partial charge in [0.2, 0.25) is 0 Å². The van der Waals surface area contributed by atoms with E-state index in [0.29, 0.717) is 18.2 Å². The Morgan fingerprint density at radius 3 is 1.84 bits per heavy atom. The lowest BCUT2D eigenvalue weighted by molar-refractivity contribution is -0.134. The van der Waals surface area contributed by atoms with E-state index in [-0.39, 0.29) is 11.1 Å². The summed E-state index contributed by atoms with van der Waals surface area (Å²) < 4.78 is 0. The zero-order chi connectivity index (χ0) is 19.8. The fourth-order valence-corrected chi connectivity index (χ4v) is 3.04. The number of hydrogen-bond donors (Lipinski definition) is 3. The van der Waals surface area contributed by atoms with Gasteiger partial charge in [0.15, 0.2) is 0 Å². The van der Waals surface area contributed by atoms with Crippen LogP contribution in [0.15, 0.2) is 12.2 Å². The summed E-state index contributed by atoms with van der Waals surface area (Å²) in [5.41, 5.74) is -0.533. The summed E-state index contributed by atoms with van der Waals surface area (Å²) in [6.07, 6.45) is 2.96. The molecule has 146 valence electrons. The number of carboxylic acids is 2. The first-order valence-corrected chi connectivity index (χ1v) is 8.27. The highest BCUT2D eigenvalue weighted by atomic mass is 16.5. The van der Waals surface area contributed by atoms with Crippen molar-refractivity contribution in [2.24, 2.45) is 0 Å². The van der Waals surface area contributed by atoms with Gasteiger partial charge in [0.25, 0.3) is 0 Å². The highest BCUT2D eigenvalue weighted by Crippen LogP contribution is 2.37. The summed E-state index contributed by atoms with van der Waals surface area (Å²) in [5, 5.41) is 32.7. The molecule has 8 heteroatoms. The number of likely N-dealkylation sites (N-methyl/N-ethyl adjacent to an activating group) is 1. The van der Waals surface area contributed by atoms with Crippen LogP contribution in [-0.2, 0) is 9.59 Å². The molecule has 8 nitrogen and oxygen atoms in total. The van der Waals surface area contributed by atoms with Gasteiger partial charge >= 0.3 is 11.9 Å². The van der Waals surface area contributed by atoms with Crippen LogP contribution in [0.4, 0.5) is 0 Å². The minimum atomic E-state index is -1.26. The van der Waals surface area contributed by atoms with Gasteiger partial charge in [0, 0.05) is 42.4 Å². The van der Waals surface area contributed by atoms with Crippen LogP contribution in [0.5, 0.6) is 0 Å². The zero-order valence-electron chi connectivity index (χ0n) is 16.1. The number of hydroxylamine groups is 2. The topological polar surface area (TPSA) is 116 Å². The van der Waals surface area contributed by atoms with Gasteiger partial charge in [-0.05, 0) is 54.6 Å². The second kappa shape index (κ2) is 9.86. The summed E-state index contributed by atoms with van der Waals surface area (Å²) >= 11 is 0. The van der Waals surface area contributed by atoms with Crippen molar-refractivity contribution in [2.75, 3.05) is 27.2 Å². The first kappa shape index (κ1) is 23.5. The molecule has 3 N–H and O–H groups in total. The van der Waals surface area contributed by atoms with E-state index in [2.05, 4.69) is 24.3 Å². The number of carbonyl (C=O) groups is 2. The summed E-state index contributed by atoms with van der Waals surface area (Å²) in [6.45, 7) is 10.2.